The van der Waals surface area contributed by atoms with E-state index in [0.717, 1.165) is 5.56 Å². The molecule has 0 aliphatic carbocycles. The molecule has 0 aromatic heterocycles. The molecule has 0 atom stereocenters. The minimum atomic E-state index is -0.486. The zero-order valence-electron chi connectivity index (χ0n) is 14.4. The third kappa shape index (κ3) is 5.06. The highest BCUT2D eigenvalue weighted by Gasteiger charge is 2.15. The van der Waals surface area contributed by atoms with Gasteiger partial charge in [-0.05, 0) is 35.9 Å². The maximum absolute atomic E-state index is 12.6. The SMILES string of the molecule is O=C(Nc1ccccc1C(=O)Nc1ccccc1)C(Cl)=Cc1ccccc1. The fourth-order valence-electron chi connectivity index (χ4n) is 2.45. The van der Waals surface area contributed by atoms with Crippen LogP contribution in [0, 0.1) is 0 Å². The Balaban J connectivity index is 1.76. The van der Waals surface area contributed by atoms with E-state index in [-0.39, 0.29) is 10.9 Å². The Morgan fingerprint density at radius 3 is 2.04 bits per heavy atom. The molecule has 0 bridgehead atoms. The zero-order chi connectivity index (χ0) is 19.1. The quantitative estimate of drug-likeness (QED) is 0.604. The first-order valence-electron chi connectivity index (χ1n) is 8.32. The number of rotatable bonds is 5. The topological polar surface area (TPSA) is 58.2 Å². The van der Waals surface area contributed by atoms with E-state index in [9.17, 15) is 9.59 Å². The van der Waals surface area contributed by atoms with Crippen molar-refractivity contribution in [3.05, 3.63) is 101 Å². The summed E-state index contributed by atoms with van der Waals surface area (Å²) < 4.78 is 0. The molecule has 0 radical (unpaired) electrons. The molecule has 0 unspecified atom stereocenters. The Hall–Kier alpha value is -3.37. The van der Waals surface area contributed by atoms with Gasteiger partial charge in [0.2, 0.25) is 0 Å². The Morgan fingerprint density at radius 1 is 0.741 bits per heavy atom. The minimum absolute atomic E-state index is 0.0273. The minimum Gasteiger partial charge on any atom is -0.322 e. The molecular formula is C22H17ClN2O2. The van der Waals surface area contributed by atoms with Crippen molar-refractivity contribution in [2.45, 2.75) is 0 Å². The molecule has 0 heterocycles. The molecule has 3 rings (SSSR count). The summed E-state index contributed by atoms with van der Waals surface area (Å²) in [6, 6.07) is 25.2. The number of amides is 2. The molecule has 0 saturated heterocycles. The van der Waals surface area contributed by atoms with Gasteiger partial charge in [-0.15, -0.1) is 0 Å². The van der Waals surface area contributed by atoms with Crippen LogP contribution >= 0.6 is 11.6 Å². The first-order chi connectivity index (χ1) is 13.1. The molecular weight excluding hydrogens is 360 g/mol. The Kier molecular flexibility index (Phi) is 6.02. The van der Waals surface area contributed by atoms with Gasteiger partial charge < -0.3 is 10.6 Å². The van der Waals surface area contributed by atoms with Crippen molar-refractivity contribution >= 4 is 40.9 Å². The number of carbonyl (C=O) groups is 2. The zero-order valence-corrected chi connectivity index (χ0v) is 15.1. The maximum Gasteiger partial charge on any atom is 0.267 e. The van der Waals surface area contributed by atoms with E-state index in [1.54, 1.807) is 42.5 Å². The molecule has 2 N–H and O–H groups in total. The number of hydrogen-bond donors (Lipinski definition) is 2. The summed E-state index contributed by atoms with van der Waals surface area (Å²) in [4.78, 5) is 25.0. The Morgan fingerprint density at radius 2 is 1.33 bits per heavy atom. The molecule has 134 valence electrons. The van der Waals surface area contributed by atoms with Gasteiger partial charge in [0.05, 0.1) is 11.3 Å². The van der Waals surface area contributed by atoms with Crippen LogP contribution in [0.5, 0.6) is 0 Å². The summed E-state index contributed by atoms with van der Waals surface area (Å²) in [6.45, 7) is 0. The van der Waals surface area contributed by atoms with Crippen LogP contribution in [0.15, 0.2) is 90.0 Å². The predicted octanol–water partition coefficient (Wildman–Crippen LogP) is 5.16. The van der Waals surface area contributed by atoms with E-state index < -0.39 is 5.91 Å². The van der Waals surface area contributed by atoms with Crippen molar-refractivity contribution in [2.75, 3.05) is 10.6 Å². The molecule has 0 spiro atoms. The smallest absolute Gasteiger partial charge is 0.267 e. The van der Waals surface area contributed by atoms with Gasteiger partial charge in [0.1, 0.15) is 5.03 Å². The first kappa shape index (κ1) is 18.4. The van der Waals surface area contributed by atoms with Gasteiger partial charge in [-0.1, -0.05) is 72.3 Å². The lowest BCUT2D eigenvalue weighted by atomic mass is 10.1. The van der Waals surface area contributed by atoms with Crippen LogP contribution in [0.25, 0.3) is 6.08 Å². The molecule has 2 amide bonds. The molecule has 4 nitrogen and oxygen atoms in total. The van der Waals surface area contributed by atoms with Crippen LogP contribution in [0.1, 0.15) is 15.9 Å². The lowest BCUT2D eigenvalue weighted by molar-refractivity contribution is -0.112. The molecule has 0 aliphatic heterocycles. The van der Waals surface area contributed by atoms with E-state index in [2.05, 4.69) is 10.6 Å². The Bertz CT molecular complexity index is 970. The summed E-state index contributed by atoms with van der Waals surface area (Å²) in [5, 5.41) is 5.53. The number of carbonyl (C=O) groups excluding carboxylic acids is 2. The average Bonchev–Trinajstić information content (AvgIpc) is 2.70. The summed E-state index contributed by atoms with van der Waals surface area (Å²) in [7, 11) is 0. The fourth-order valence-corrected chi connectivity index (χ4v) is 2.63. The molecule has 5 heteroatoms. The predicted molar refractivity (Wildman–Crippen MR) is 110 cm³/mol. The second-order valence-corrected chi connectivity index (χ2v) is 6.13. The summed E-state index contributed by atoms with van der Waals surface area (Å²) in [5.74, 6) is -0.805. The van der Waals surface area contributed by atoms with E-state index in [4.69, 9.17) is 11.6 Å². The van der Waals surface area contributed by atoms with Gasteiger partial charge in [0, 0.05) is 5.69 Å². The lowest BCUT2D eigenvalue weighted by Crippen LogP contribution is -2.18. The third-order valence-corrected chi connectivity index (χ3v) is 4.04. The average molecular weight is 377 g/mol. The first-order valence-corrected chi connectivity index (χ1v) is 8.70. The van der Waals surface area contributed by atoms with Crippen molar-refractivity contribution in [3.8, 4) is 0 Å². The van der Waals surface area contributed by atoms with Crippen LogP contribution in [0.4, 0.5) is 11.4 Å². The largest absolute Gasteiger partial charge is 0.322 e. The highest BCUT2D eigenvalue weighted by atomic mass is 35.5. The summed E-state index contributed by atoms with van der Waals surface area (Å²) >= 11 is 6.13. The number of halogens is 1. The number of benzene rings is 3. The molecule has 3 aromatic rings. The molecule has 0 aliphatic rings. The van der Waals surface area contributed by atoms with E-state index in [1.807, 2.05) is 48.5 Å². The van der Waals surface area contributed by atoms with Gasteiger partial charge in [-0.3, -0.25) is 9.59 Å². The van der Waals surface area contributed by atoms with Crippen LogP contribution in [-0.2, 0) is 4.79 Å². The number of anilines is 2. The van der Waals surface area contributed by atoms with Crippen LogP contribution in [0.2, 0.25) is 0 Å². The van der Waals surface area contributed by atoms with Gasteiger partial charge >= 0.3 is 0 Å². The van der Waals surface area contributed by atoms with E-state index >= 15 is 0 Å². The molecule has 0 saturated carbocycles. The van der Waals surface area contributed by atoms with Crippen molar-refractivity contribution in [3.63, 3.8) is 0 Å². The molecule has 27 heavy (non-hydrogen) atoms. The maximum atomic E-state index is 12.6. The third-order valence-electron chi connectivity index (χ3n) is 3.76. The van der Waals surface area contributed by atoms with Crippen molar-refractivity contribution in [2.24, 2.45) is 0 Å². The van der Waals surface area contributed by atoms with Crippen molar-refractivity contribution in [1.29, 1.82) is 0 Å². The molecule has 3 aromatic carbocycles. The van der Waals surface area contributed by atoms with Crippen LogP contribution in [0.3, 0.4) is 0 Å². The van der Waals surface area contributed by atoms with Gasteiger partial charge in [-0.2, -0.15) is 0 Å². The van der Waals surface area contributed by atoms with Crippen molar-refractivity contribution in [1.82, 2.24) is 0 Å². The summed E-state index contributed by atoms with van der Waals surface area (Å²) in [5.41, 5.74) is 2.22. The number of para-hydroxylation sites is 2. The van der Waals surface area contributed by atoms with Crippen LogP contribution in [-0.4, -0.2) is 11.8 Å². The number of nitrogens with one attached hydrogen (secondary N) is 2. The second kappa shape index (κ2) is 8.83. The second-order valence-electron chi connectivity index (χ2n) is 5.72. The van der Waals surface area contributed by atoms with Gasteiger partial charge in [0.25, 0.3) is 11.8 Å². The standard InChI is InChI=1S/C22H17ClN2O2/c23-19(15-16-9-3-1-4-10-16)22(27)25-20-14-8-7-13-18(20)21(26)24-17-11-5-2-6-12-17/h1-15H,(H,24,26)(H,25,27). The number of hydrogen-bond acceptors (Lipinski definition) is 2. The highest BCUT2D eigenvalue weighted by molar-refractivity contribution is 6.45. The lowest BCUT2D eigenvalue weighted by Gasteiger charge is -2.11. The van der Waals surface area contributed by atoms with Crippen molar-refractivity contribution < 1.29 is 9.59 Å². The normalized spacial score (nSPS) is 10.9. The molecule has 0 fully saturated rings. The Labute approximate surface area is 162 Å². The van der Waals surface area contributed by atoms with E-state index in [1.165, 1.54) is 0 Å². The van der Waals surface area contributed by atoms with Gasteiger partial charge in [0.15, 0.2) is 0 Å². The monoisotopic (exact) mass is 376 g/mol. The fraction of sp³-hybridized carbons (Fsp3) is 0. The van der Waals surface area contributed by atoms with E-state index in [0.29, 0.717) is 16.9 Å². The van der Waals surface area contributed by atoms with Crippen LogP contribution < -0.4 is 10.6 Å². The summed E-state index contributed by atoms with van der Waals surface area (Å²) in [6.07, 6.45) is 1.57. The highest BCUT2D eigenvalue weighted by Crippen LogP contribution is 2.19. The van der Waals surface area contributed by atoms with Gasteiger partial charge in [-0.25, -0.2) is 0 Å².